The first-order chi connectivity index (χ1) is 11.3. The second-order valence-corrected chi connectivity index (χ2v) is 7.97. The van der Waals surface area contributed by atoms with Crippen LogP contribution in [0.2, 0.25) is 0 Å². The third-order valence-corrected chi connectivity index (χ3v) is 5.66. The van der Waals surface area contributed by atoms with E-state index in [4.69, 9.17) is 9.47 Å². The first-order valence-electron chi connectivity index (χ1n) is 7.61. The van der Waals surface area contributed by atoms with Gasteiger partial charge in [0.1, 0.15) is 5.75 Å². The number of ether oxygens (including phenoxy) is 2. The number of hydrogen-bond acceptors (Lipinski definition) is 6. The van der Waals surface area contributed by atoms with Gasteiger partial charge in [-0.25, -0.2) is 8.42 Å². The standard InChI is InChI=1S/C16H21NO6S/c1-11(13-5-3-4-6-14(13)22-2)17-15(18)9-23-16(19)12-7-8-24(20,21)10-12/h3-6,11-12H,7-10H2,1-2H3,(H,17,18). The largest absolute Gasteiger partial charge is 0.496 e. The van der Waals surface area contributed by atoms with Crippen molar-refractivity contribution in [3.63, 3.8) is 0 Å². The molecule has 0 spiro atoms. The van der Waals surface area contributed by atoms with Crippen LogP contribution < -0.4 is 10.1 Å². The van der Waals surface area contributed by atoms with E-state index >= 15 is 0 Å². The molecule has 24 heavy (non-hydrogen) atoms. The summed E-state index contributed by atoms with van der Waals surface area (Å²) in [7, 11) is -1.61. The van der Waals surface area contributed by atoms with Gasteiger partial charge in [0.2, 0.25) is 0 Å². The van der Waals surface area contributed by atoms with Crippen LogP contribution in [0.3, 0.4) is 0 Å². The Kier molecular flexibility index (Phi) is 5.82. The molecule has 1 amide bonds. The highest BCUT2D eigenvalue weighted by atomic mass is 32.2. The van der Waals surface area contributed by atoms with Gasteiger partial charge < -0.3 is 14.8 Å². The lowest BCUT2D eigenvalue weighted by Crippen LogP contribution is -2.32. The third kappa shape index (κ3) is 4.70. The first kappa shape index (κ1) is 18.3. The lowest BCUT2D eigenvalue weighted by Gasteiger charge is -2.17. The van der Waals surface area contributed by atoms with E-state index in [0.29, 0.717) is 5.75 Å². The van der Waals surface area contributed by atoms with Gasteiger partial charge >= 0.3 is 5.97 Å². The lowest BCUT2D eigenvalue weighted by molar-refractivity contribution is -0.152. The third-order valence-electron chi connectivity index (χ3n) is 3.89. The Morgan fingerprint density at radius 1 is 1.33 bits per heavy atom. The maximum Gasteiger partial charge on any atom is 0.310 e. The van der Waals surface area contributed by atoms with Crippen LogP contribution in [0.4, 0.5) is 0 Å². The highest BCUT2D eigenvalue weighted by Gasteiger charge is 2.34. The molecule has 2 atom stereocenters. The first-order valence-corrected chi connectivity index (χ1v) is 9.44. The fourth-order valence-electron chi connectivity index (χ4n) is 2.62. The van der Waals surface area contributed by atoms with Gasteiger partial charge in [-0.05, 0) is 19.4 Å². The number of hydrogen-bond donors (Lipinski definition) is 1. The van der Waals surface area contributed by atoms with Crippen molar-refractivity contribution in [1.82, 2.24) is 5.32 Å². The number of carbonyl (C=O) groups is 2. The van der Waals surface area contributed by atoms with Crippen molar-refractivity contribution in [1.29, 1.82) is 0 Å². The van der Waals surface area contributed by atoms with Gasteiger partial charge in [-0.3, -0.25) is 9.59 Å². The number of carbonyl (C=O) groups excluding carboxylic acids is 2. The Morgan fingerprint density at radius 3 is 2.67 bits per heavy atom. The minimum Gasteiger partial charge on any atom is -0.496 e. The van der Waals surface area contributed by atoms with Crippen LogP contribution >= 0.6 is 0 Å². The van der Waals surface area contributed by atoms with Crippen molar-refractivity contribution in [3.05, 3.63) is 29.8 Å². The van der Waals surface area contributed by atoms with Gasteiger partial charge in [-0.2, -0.15) is 0 Å². The van der Waals surface area contributed by atoms with Crippen LogP contribution in [-0.4, -0.2) is 45.5 Å². The van der Waals surface area contributed by atoms with Gasteiger partial charge in [-0.15, -0.1) is 0 Å². The number of methoxy groups -OCH3 is 1. The second kappa shape index (κ2) is 7.65. The minimum absolute atomic E-state index is 0.0101. The maximum atomic E-state index is 11.9. The molecule has 2 rings (SSSR count). The van der Waals surface area contributed by atoms with Crippen LogP contribution in [0.25, 0.3) is 0 Å². The summed E-state index contributed by atoms with van der Waals surface area (Å²) in [6.07, 6.45) is 0.250. The molecule has 1 N–H and O–H groups in total. The second-order valence-electron chi connectivity index (χ2n) is 5.74. The fourth-order valence-corrected chi connectivity index (χ4v) is 4.35. The van der Waals surface area contributed by atoms with E-state index < -0.39 is 34.2 Å². The molecule has 2 unspecified atom stereocenters. The smallest absolute Gasteiger partial charge is 0.310 e. The predicted molar refractivity (Wildman–Crippen MR) is 87.3 cm³/mol. The van der Waals surface area contributed by atoms with E-state index in [0.717, 1.165) is 5.56 Å². The molecule has 1 aromatic rings. The van der Waals surface area contributed by atoms with Crippen molar-refractivity contribution in [2.24, 2.45) is 5.92 Å². The zero-order chi connectivity index (χ0) is 17.7. The van der Waals surface area contributed by atoms with Crippen molar-refractivity contribution < 1.29 is 27.5 Å². The van der Waals surface area contributed by atoms with Crippen molar-refractivity contribution in [3.8, 4) is 5.75 Å². The van der Waals surface area contributed by atoms with Gasteiger partial charge in [0.25, 0.3) is 5.91 Å². The average molecular weight is 355 g/mol. The van der Waals surface area contributed by atoms with E-state index in [2.05, 4.69) is 5.32 Å². The number of esters is 1. The molecule has 1 aliphatic heterocycles. The normalized spacial score (nSPS) is 20.2. The van der Waals surface area contributed by atoms with Gasteiger partial charge in [0.05, 0.1) is 30.6 Å². The molecule has 0 saturated carbocycles. The molecule has 0 radical (unpaired) electrons. The summed E-state index contributed by atoms with van der Waals surface area (Å²) in [4.78, 5) is 23.7. The molecule has 8 heteroatoms. The number of rotatable bonds is 6. The van der Waals surface area contributed by atoms with Crippen molar-refractivity contribution in [2.45, 2.75) is 19.4 Å². The number of amides is 1. The Labute approximate surface area is 141 Å². The van der Waals surface area contributed by atoms with E-state index in [9.17, 15) is 18.0 Å². The summed E-state index contributed by atoms with van der Waals surface area (Å²) in [5.41, 5.74) is 0.807. The Balaban J connectivity index is 1.84. The number of para-hydroxylation sites is 1. The van der Waals surface area contributed by atoms with Crippen molar-refractivity contribution >= 4 is 21.7 Å². The Morgan fingerprint density at radius 2 is 2.04 bits per heavy atom. The summed E-state index contributed by atoms with van der Waals surface area (Å²) in [6, 6.07) is 6.96. The molecule has 0 aromatic heterocycles. The molecule has 0 aliphatic carbocycles. The molecular weight excluding hydrogens is 334 g/mol. The number of benzene rings is 1. The fraction of sp³-hybridized carbons (Fsp3) is 0.500. The van der Waals surface area contributed by atoms with Gasteiger partial charge in [0.15, 0.2) is 16.4 Å². The Hall–Kier alpha value is -2.09. The van der Waals surface area contributed by atoms with Crippen LogP contribution in [0.5, 0.6) is 5.75 Å². The zero-order valence-corrected chi connectivity index (χ0v) is 14.5. The van der Waals surface area contributed by atoms with Crippen LogP contribution in [0.15, 0.2) is 24.3 Å². The van der Waals surface area contributed by atoms with Crippen LogP contribution in [0, 0.1) is 5.92 Å². The van der Waals surface area contributed by atoms with Crippen LogP contribution in [-0.2, 0) is 24.2 Å². The maximum absolute atomic E-state index is 11.9. The molecule has 1 saturated heterocycles. The predicted octanol–water partition coefficient (Wildman–Crippen LogP) is 0.850. The lowest BCUT2D eigenvalue weighted by atomic mass is 10.1. The highest BCUT2D eigenvalue weighted by molar-refractivity contribution is 7.91. The zero-order valence-electron chi connectivity index (χ0n) is 13.7. The van der Waals surface area contributed by atoms with E-state index in [1.165, 1.54) is 0 Å². The molecule has 132 valence electrons. The summed E-state index contributed by atoms with van der Waals surface area (Å²) >= 11 is 0. The molecule has 7 nitrogen and oxygen atoms in total. The van der Waals surface area contributed by atoms with Crippen molar-refractivity contribution in [2.75, 3.05) is 25.2 Å². The number of sulfone groups is 1. The quantitative estimate of drug-likeness (QED) is 0.760. The van der Waals surface area contributed by atoms with E-state index in [1.54, 1.807) is 20.1 Å². The summed E-state index contributed by atoms with van der Waals surface area (Å²) < 4.78 is 32.9. The molecule has 1 aromatic carbocycles. The molecular formula is C16H21NO6S. The molecule has 1 aliphatic rings. The Bertz CT molecular complexity index is 715. The van der Waals surface area contributed by atoms with Gasteiger partial charge in [-0.1, -0.05) is 18.2 Å². The average Bonchev–Trinajstić information content (AvgIpc) is 2.92. The molecule has 0 bridgehead atoms. The summed E-state index contributed by atoms with van der Waals surface area (Å²) in [6.45, 7) is 1.36. The topological polar surface area (TPSA) is 98.8 Å². The highest BCUT2D eigenvalue weighted by Crippen LogP contribution is 2.24. The minimum atomic E-state index is -3.16. The van der Waals surface area contributed by atoms with E-state index in [-0.39, 0.29) is 24.0 Å². The monoisotopic (exact) mass is 355 g/mol. The van der Waals surface area contributed by atoms with E-state index in [1.807, 2.05) is 18.2 Å². The van der Waals surface area contributed by atoms with Gasteiger partial charge in [0, 0.05) is 5.56 Å². The van der Waals surface area contributed by atoms with Crippen LogP contribution in [0.1, 0.15) is 24.9 Å². The molecule has 1 heterocycles. The summed E-state index contributed by atoms with van der Waals surface area (Å²) in [5.74, 6) is -1.33. The SMILES string of the molecule is COc1ccccc1C(C)NC(=O)COC(=O)C1CCS(=O)(=O)C1. The summed E-state index contributed by atoms with van der Waals surface area (Å²) in [5, 5.41) is 2.72. The molecule has 1 fully saturated rings. The number of nitrogens with one attached hydrogen (secondary N) is 1.